The molecule has 1 amide bonds. The molecule has 0 saturated heterocycles. The van der Waals surface area contributed by atoms with Crippen molar-refractivity contribution in [2.75, 3.05) is 10.6 Å². The normalized spacial score (nSPS) is 10.4. The van der Waals surface area contributed by atoms with Gasteiger partial charge in [0.2, 0.25) is 5.91 Å². The molecule has 0 aliphatic carbocycles. The van der Waals surface area contributed by atoms with Crippen LogP contribution in [-0.2, 0) is 11.3 Å². The Labute approximate surface area is 129 Å². The van der Waals surface area contributed by atoms with Crippen LogP contribution in [0.5, 0.6) is 0 Å². The Kier molecular flexibility index (Phi) is 4.77. The van der Waals surface area contributed by atoms with Crippen LogP contribution in [0.1, 0.15) is 16.7 Å². The fourth-order valence-corrected chi connectivity index (χ4v) is 3.27. The smallest absolute Gasteiger partial charge is 0.221 e. The van der Waals surface area contributed by atoms with Gasteiger partial charge in [-0.25, -0.2) is 4.39 Å². The Morgan fingerprint density at radius 2 is 2.15 bits per heavy atom. The number of anilines is 2. The molecule has 2 aromatic rings. The summed E-state index contributed by atoms with van der Waals surface area (Å²) in [5.74, 6) is -0.521. The van der Waals surface area contributed by atoms with E-state index in [2.05, 4.69) is 26.6 Å². The van der Waals surface area contributed by atoms with Gasteiger partial charge in [0.1, 0.15) is 5.82 Å². The van der Waals surface area contributed by atoms with Crippen molar-refractivity contribution in [1.29, 1.82) is 0 Å². The van der Waals surface area contributed by atoms with Crippen molar-refractivity contribution in [3.8, 4) is 0 Å². The molecule has 0 fully saturated rings. The van der Waals surface area contributed by atoms with Crippen LogP contribution in [0.3, 0.4) is 0 Å². The highest BCUT2D eigenvalue weighted by Gasteiger charge is 2.07. The second-order valence-electron chi connectivity index (χ2n) is 4.35. The summed E-state index contributed by atoms with van der Waals surface area (Å²) in [6.07, 6.45) is 0. The first-order valence-electron chi connectivity index (χ1n) is 6.01. The number of rotatable bonds is 4. The van der Waals surface area contributed by atoms with Crippen molar-refractivity contribution in [2.24, 2.45) is 0 Å². The van der Waals surface area contributed by atoms with Crippen LogP contribution in [0.15, 0.2) is 28.7 Å². The summed E-state index contributed by atoms with van der Waals surface area (Å²) in [5.41, 5.74) is 0.948. The quantitative estimate of drug-likeness (QED) is 0.844. The molecule has 3 nitrogen and oxygen atoms in total. The number of thiophene rings is 1. The number of nitrogens with one attached hydrogen (secondary N) is 2. The fraction of sp³-hybridized carbons (Fsp3) is 0.214. The van der Waals surface area contributed by atoms with Gasteiger partial charge in [-0.2, -0.15) is 0 Å². The third-order valence-corrected chi connectivity index (χ3v) is 4.78. The van der Waals surface area contributed by atoms with E-state index >= 15 is 0 Å². The molecule has 0 spiro atoms. The highest BCUT2D eigenvalue weighted by atomic mass is 79.9. The molecule has 1 aromatic carbocycles. The lowest BCUT2D eigenvalue weighted by molar-refractivity contribution is -0.114. The van der Waals surface area contributed by atoms with E-state index < -0.39 is 0 Å². The number of halogens is 2. The minimum atomic E-state index is -0.341. The topological polar surface area (TPSA) is 41.1 Å². The van der Waals surface area contributed by atoms with Gasteiger partial charge < -0.3 is 10.6 Å². The minimum Gasteiger partial charge on any atom is -0.378 e. The third kappa shape index (κ3) is 3.80. The van der Waals surface area contributed by atoms with Crippen molar-refractivity contribution in [1.82, 2.24) is 0 Å². The van der Waals surface area contributed by atoms with Crippen LogP contribution >= 0.6 is 27.3 Å². The molecule has 20 heavy (non-hydrogen) atoms. The summed E-state index contributed by atoms with van der Waals surface area (Å²) in [6, 6.07) is 6.48. The lowest BCUT2D eigenvalue weighted by atomic mass is 10.2. The zero-order valence-electron chi connectivity index (χ0n) is 11.1. The van der Waals surface area contributed by atoms with Gasteiger partial charge in [0.05, 0.1) is 5.69 Å². The molecule has 106 valence electrons. The number of carbonyl (C=O) groups is 1. The molecule has 6 heteroatoms. The Balaban J connectivity index is 2.10. The molecule has 0 aliphatic heterocycles. The summed E-state index contributed by atoms with van der Waals surface area (Å²) >= 11 is 5.11. The summed E-state index contributed by atoms with van der Waals surface area (Å²) < 4.78 is 14.8. The minimum absolute atomic E-state index is 0.180. The lowest BCUT2D eigenvalue weighted by Gasteiger charge is -2.09. The maximum absolute atomic E-state index is 13.7. The maximum atomic E-state index is 13.7. The van der Waals surface area contributed by atoms with E-state index in [1.165, 1.54) is 23.9 Å². The predicted octanol–water partition coefficient (Wildman–Crippen LogP) is 4.53. The molecule has 2 N–H and O–H groups in total. The van der Waals surface area contributed by atoms with E-state index in [0.717, 1.165) is 9.35 Å². The van der Waals surface area contributed by atoms with Crippen molar-refractivity contribution in [3.05, 3.63) is 44.3 Å². The van der Waals surface area contributed by atoms with Gasteiger partial charge in [-0.3, -0.25) is 4.79 Å². The van der Waals surface area contributed by atoms with Gasteiger partial charge in [0, 0.05) is 33.4 Å². The van der Waals surface area contributed by atoms with Gasteiger partial charge >= 0.3 is 0 Å². The fourth-order valence-electron chi connectivity index (χ4n) is 1.73. The zero-order chi connectivity index (χ0) is 14.7. The molecule has 0 saturated carbocycles. The first-order chi connectivity index (χ1) is 9.45. The van der Waals surface area contributed by atoms with Crippen LogP contribution in [0.2, 0.25) is 0 Å². The number of aryl methyl sites for hydroxylation is 1. The van der Waals surface area contributed by atoms with Crippen LogP contribution in [0.4, 0.5) is 15.8 Å². The molecule has 0 atom stereocenters. The van der Waals surface area contributed by atoms with Crippen molar-refractivity contribution in [2.45, 2.75) is 20.4 Å². The first kappa shape index (κ1) is 15.0. The summed E-state index contributed by atoms with van der Waals surface area (Å²) in [7, 11) is 0. The summed E-state index contributed by atoms with van der Waals surface area (Å²) in [6.45, 7) is 3.98. The Hall–Kier alpha value is -1.40. The highest BCUT2D eigenvalue weighted by Crippen LogP contribution is 2.27. The van der Waals surface area contributed by atoms with Crippen molar-refractivity contribution in [3.63, 3.8) is 0 Å². The van der Waals surface area contributed by atoms with Gasteiger partial charge in [0.25, 0.3) is 0 Å². The van der Waals surface area contributed by atoms with Crippen molar-refractivity contribution < 1.29 is 9.18 Å². The monoisotopic (exact) mass is 356 g/mol. The molecule has 0 unspecified atom stereocenters. The van der Waals surface area contributed by atoms with E-state index in [4.69, 9.17) is 0 Å². The largest absolute Gasteiger partial charge is 0.378 e. The molecule has 0 radical (unpaired) electrons. The SMILES string of the molecule is CC(=O)Nc1ccc(F)c(NCc2cc(Br)c(C)s2)c1. The molecule has 1 aromatic heterocycles. The zero-order valence-corrected chi connectivity index (χ0v) is 13.5. The molecule has 2 rings (SSSR count). The maximum Gasteiger partial charge on any atom is 0.221 e. The molecular formula is C14H14BrFN2OS. The number of hydrogen-bond acceptors (Lipinski definition) is 3. The highest BCUT2D eigenvalue weighted by molar-refractivity contribution is 9.10. The summed E-state index contributed by atoms with van der Waals surface area (Å²) in [5, 5.41) is 5.68. The first-order valence-corrected chi connectivity index (χ1v) is 7.62. The van der Waals surface area contributed by atoms with E-state index in [1.54, 1.807) is 17.4 Å². The van der Waals surface area contributed by atoms with E-state index in [9.17, 15) is 9.18 Å². The number of hydrogen-bond donors (Lipinski definition) is 2. The van der Waals surface area contributed by atoms with Crippen LogP contribution < -0.4 is 10.6 Å². The third-order valence-electron chi connectivity index (χ3n) is 2.65. The lowest BCUT2D eigenvalue weighted by Crippen LogP contribution is -2.07. The predicted molar refractivity (Wildman–Crippen MR) is 84.8 cm³/mol. The molecule has 1 heterocycles. The van der Waals surface area contributed by atoms with Gasteiger partial charge in [-0.15, -0.1) is 11.3 Å². The number of amides is 1. The molecular weight excluding hydrogens is 343 g/mol. The van der Waals surface area contributed by atoms with E-state index in [-0.39, 0.29) is 11.7 Å². The van der Waals surface area contributed by atoms with Crippen LogP contribution in [0.25, 0.3) is 0 Å². The Morgan fingerprint density at radius 3 is 2.75 bits per heavy atom. The molecule has 0 aliphatic rings. The summed E-state index contributed by atoms with van der Waals surface area (Å²) in [4.78, 5) is 13.3. The van der Waals surface area contributed by atoms with Gasteiger partial charge in [-0.1, -0.05) is 0 Å². The van der Waals surface area contributed by atoms with Crippen LogP contribution in [-0.4, -0.2) is 5.91 Å². The standard InChI is InChI=1S/C14H14BrFN2OS/c1-8-12(15)6-11(20-8)7-17-14-5-10(18-9(2)19)3-4-13(14)16/h3-6,17H,7H2,1-2H3,(H,18,19). The van der Waals surface area contributed by atoms with Crippen molar-refractivity contribution >= 4 is 44.5 Å². The Bertz CT molecular complexity index is 623. The second kappa shape index (κ2) is 6.37. The van der Waals surface area contributed by atoms with Gasteiger partial charge in [0.15, 0.2) is 0 Å². The van der Waals surface area contributed by atoms with E-state index in [1.807, 2.05) is 13.0 Å². The number of benzene rings is 1. The average Bonchev–Trinajstić information content (AvgIpc) is 2.69. The average molecular weight is 357 g/mol. The van der Waals surface area contributed by atoms with Crippen LogP contribution in [0, 0.1) is 12.7 Å². The second-order valence-corrected chi connectivity index (χ2v) is 6.54. The molecule has 0 bridgehead atoms. The van der Waals surface area contributed by atoms with Gasteiger partial charge in [-0.05, 0) is 47.1 Å². The number of carbonyl (C=O) groups excluding carboxylic acids is 1. The van der Waals surface area contributed by atoms with E-state index in [0.29, 0.717) is 17.9 Å². The Morgan fingerprint density at radius 1 is 1.40 bits per heavy atom.